The monoisotopic (exact) mass is 368 g/mol. The quantitative estimate of drug-likeness (QED) is 0.727. The van der Waals surface area contributed by atoms with Crippen molar-refractivity contribution in [3.05, 3.63) is 54.1 Å². The molecule has 0 unspecified atom stereocenters. The normalized spacial score (nSPS) is 16.4. The fourth-order valence-corrected chi connectivity index (χ4v) is 2.70. The minimum atomic E-state index is -0.143. The van der Waals surface area contributed by atoms with Gasteiger partial charge in [0.15, 0.2) is 6.61 Å². The molecule has 27 heavy (non-hydrogen) atoms. The van der Waals surface area contributed by atoms with E-state index in [4.69, 9.17) is 14.2 Å². The van der Waals surface area contributed by atoms with E-state index < -0.39 is 0 Å². The largest absolute Gasteiger partial charge is 0.497 e. The summed E-state index contributed by atoms with van der Waals surface area (Å²) in [7, 11) is 1.63. The van der Waals surface area contributed by atoms with Gasteiger partial charge in [-0.25, -0.2) is 0 Å². The number of benzene rings is 2. The predicted molar refractivity (Wildman–Crippen MR) is 104 cm³/mol. The molecule has 1 atom stereocenters. The van der Waals surface area contributed by atoms with Gasteiger partial charge in [0.05, 0.1) is 18.9 Å². The van der Waals surface area contributed by atoms with Crippen molar-refractivity contribution in [3.8, 4) is 11.5 Å². The van der Waals surface area contributed by atoms with Crippen LogP contribution in [0.15, 0.2) is 53.5 Å². The number of hydrogen-bond acceptors (Lipinski definition) is 5. The average molecular weight is 368 g/mol. The summed E-state index contributed by atoms with van der Waals surface area (Å²) in [5, 5.41) is 2.83. The number of nitrogens with zero attached hydrogens (tertiary/aromatic N) is 1. The van der Waals surface area contributed by atoms with Crippen LogP contribution < -0.4 is 14.8 Å². The molecule has 6 heteroatoms. The van der Waals surface area contributed by atoms with Crippen LogP contribution in [0, 0.1) is 0 Å². The summed E-state index contributed by atoms with van der Waals surface area (Å²) < 4.78 is 16.1. The Hall–Kier alpha value is -2.86. The van der Waals surface area contributed by atoms with Crippen molar-refractivity contribution in [3.63, 3.8) is 0 Å². The molecule has 1 fully saturated rings. The van der Waals surface area contributed by atoms with Gasteiger partial charge in [0.2, 0.25) is 0 Å². The van der Waals surface area contributed by atoms with Crippen LogP contribution in [-0.2, 0) is 9.53 Å². The lowest BCUT2D eigenvalue weighted by atomic mass is 10.2. The molecular formula is C21H24N2O4. The van der Waals surface area contributed by atoms with Crippen LogP contribution in [0.4, 0.5) is 5.69 Å². The van der Waals surface area contributed by atoms with E-state index >= 15 is 0 Å². The van der Waals surface area contributed by atoms with Gasteiger partial charge < -0.3 is 19.5 Å². The van der Waals surface area contributed by atoms with Crippen LogP contribution in [-0.4, -0.2) is 45.1 Å². The summed E-state index contributed by atoms with van der Waals surface area (Å²) in [6.07, 6.45) is 3.98. The Labute approximate surface area is 159 Å². The van der Waals surface area contributed by atoms with Crippen LogP contribution >= 0.6 is 0 Å². The predicted octanol–water partition coefficient (Wildman–Crippen LogP) is 3.12. The standard InChI is InChI=1S/C21H24N2O4/c1-25-18-10-6-17(7-11-18)22-13-16-4-8-19(9-5-16)27-15-21(24)23-14-20-3-2-12-26-20/h4-11,13,20H,2-3,12,14-15H2,1H3,(H,23,24)/t20-/m1/s1. The first-order chi connectivity index (χ1) is 13.2. The zero-order valence-electron chi connectivity index (χ0n) is 15.4. The molecule has 1 saturated heterocycles. The molecule has 1 heterocycles. The Kier molecular flexibility index (Phi) is 6.82. The summed E-state index contributed by atoms with van der Waals surface area (Å²) in [4.78, 5) is 16.2. The van der Waals surface area contributed by atoms with Gasteiger partial charge in [-0.15, -0.1) is 0 Å². The molecule has 0 aliphatic carbocycles. The molecule has 0 bridgehead atoms. The Morgan fingerprint density at radius 3 is 2.59 bits per heavy atom. The third-order valence-electron chi connectivity index (χ3n) is 4.24. The number of amides is 1. The van der Waals surface area contributed by atoms with E-state index in [9.17, 15) is 4.79 Å². The zero-order valence-corrected chi connectivity index (χ0v) is 15.4. The minimum Gasteiger partial charge on any atom is -0.497 e. The number of methoxy groups -OCH3 is 1. The van der Waals surface area contributed by atoms with Crippen molar-refractivity contribution in [2.24, 2.45) is 4.99 Å². The van der Waals surface area contributed by atoms with Crippen molar-refractivity contribution in [2.75, 3.05) is 26.9 Å². The van der Waals surface area contributed by atoms with Crippen molar-refractivity contribution in [1.29, 1.82) is 0 Å². The number of carbonyl (C=O) groups is 1. The molecule has 0 saturated carbocycles. The zero-order chi connectivity index (χ0) is 18.9. The molecule has 6 nitrogen and oxygen atoms in total. The maximum absolute atomic E-state index is 11.8. The van der Waals surface area contributed by atoms with E-state index in [2.05, 4.69) is 10.3 Å². The fraction of sp³-hybridized carbons (Fsp3) is 0.333. The van der Waals surface area contributed by atoms with Gasteiger partial charge in [-0.05, 0) is 66.9 Å². The molecule has 0 radical (unpaired) electrons. The summed E-state index contributed by atoms with van der Waals surface area (Å²) in [6.45, 7) is 1.32. The smallest absolute Gasteiger partial charge is 0.258 e. The molecule has 3 rings (SSSR count). The summed E-state index contributed by atoms with van der Waals surface area (Å²) in [5.41, 5.74) is 1.79. The molecule has 0 spiro atoms. The molecule has 2 aromatic rings. The van der Waals surface area contributed by atoms with Gasteiger partial charge in [0.25, 0.3) is 5.91 Å². The van der Waals surface area contributed by atoms with Gasteiger partial charge >= 0.3 is 0 Å². The van der Waals surface area contributed by atoms with Gasteiger partial charge in [-0.1, -0.05) is 0 Å². The SMILES string of the molecule is COc1ccc(N=Cc2ccc(OCC(=O)NC[C@H]3CCCO3)cc2)cc1. The number of ether oxygens (including phenoxy) is 3. The lowest BCUT2D eigenvalue weighted by Gasteiger charge is -2.11. The maximum Gasteiger partial charge on any atom is 0.258 e. The lowest BCUT2D eigenvalue weighted by molar-refractivity contribution is -0.123. The first kappa shape index (κ1) is 18.9. The van der Waals surface area contributed by atoms with Crippen molar-refractivity contribution in [1.82, 2.24) is 5.32 Å². The number of hydrogen-bond donors (Lipinski definition) is 1. The van der Waals surface area contributed by atoms with Crippen molar-refractivity contribution in [2.45, 2.75) is 18.9 Å². The Morgan fingerprint density at radius 1 is 1.19 bits per heavy atom. The number of carbonyl (C=O) groups excluding carboxylic acids is 1. The highest BCUT2D eigenvalue weighted by molar-refractivity contribution is 5.82. The summed E-state index contributed by atoms with van der Waals surface area (Å²) in [5.74, 6) is 1.30. The van der Waals surface area contributed by atoms with Gasteiger partial charge in [-0.2, -0.15) is 0 Å². The second kappa shape index (κ2) is 9.73. The third kappa shape index (κ3) is 6.11. The van der Waals surface area contributed by atoms with E-state index in [1.807, 2.05) is 48.5 Å². The molecule has 0 aromatic heterocycles. The molecule has 1 aliphatic rings. The molecule has 142 valence electrons. The Bertz CT molecular complexity index is 751. The first-order valence-corrected chi connectivity index (χ1v) is 9.02. The van der Waals surface area contributed by atoms with E-state index in [0.29, 0.717) is 12.3 Å². The van der Waals surface area contributed by atoms with Gasteiger partial charge in [0, 0.05) is 19.4 Å². The topological polar surface area (TPSA) is 69.2 Å². The average Bonchev–Trinajstić information content (AvgIpc) is 3.24. The highest BCUT2D eigenvalue weighted by Crippen LogP contribution is 2.18. The van der Waals surface area contributed by atoms with Crippen molar-refractivity contribution >= 4 is 17.8 Å². The van der Waals surface area contributed by atoms with E-state index in [0.717, 1.165) is 36.4 Å². The lowest BCUT2D eigenvalue weighted by Crippen LogP contribution is -2.35. The molecular weight excluding hydrogens is 344 g/mol. The fourth-order valence-electron chi connectivity index (χ4n) is 2.70. The Balaban J connectivity index is 1.43. The second-order valence-corrected chi connectivity index (χ2v) is 6.25. The number of nitrogens with one attached hydrogen (secondary N) is 1. The summed E-state index contributed by atoms with van der Waals surface area (Å²) >= 11 is 0. The highest BCUT2D eigenvalue weighted by Gasteiger charge is 2.16. The van der Waals surface area contributed by atoms with Crippen LogP contribution in [0.1, 0.15) is 18.4 Å². The summed E-state index contributed by atoms with van der Waals surface area (Å²) in [6, 6.07) is 15.0. The van der Waals surface area contributed by atoms with E-state index in [1.165, 1.54) is 0 Å². The molecule has 1 amide bonds. The third-order valence-corrected chi connectivity index (χ3v) is 4.24. The molecule has 1 N–H and O–H groups in total. The van der Waals surface area contributed by atoms with Crippen LogP contribution in [0.2, 0.25) is 0 Å². The Morgan fingerprint density at radius 2 is 1.93 bits per heavy atom. The minimum absolute atomic E-state index is 0.00793. The first-order valence-electron chi connectivity index (χ1n) is 9.02. The van der Waals surface area contributed by atoms with Crippen LogP contribution in [0.5, 0.6) is 11.5 Å². The number of rotatable bonds is 8. The van der Waals surface area contributed by atoms with Gasteiger partial charge in [0.1, 0.15) is 11.5 Å². The highest BCUT2D eigenvalue weighted by atomic mass is 16.5. The van der Waals surface area contributed by atoms with Crippen molar-refractivity contribution < 1.29 is 19.0 Å². The number of aliphatic imine (C=N–C) groups is 1. The van der Waals surface area contributed by atoms with Gasteiger partial charge in [-0.3, -0.25) is 9.79 Å². The van der Waals surface area contributed by atoms with Crippen LogP contribution in [0.25, 0.3) is 0 Å². The second-order valence-electron chi connectivity index (χ2n) is 6.25. The van der Waals surface area contributed by atoms with Crippen LogP contribution in [0.3, 0.4) is 0 Å². The maximum atomic E-state index is 11.8. The van der Waals surface area contributed by atoms with E-state index in [1.54, 1.807) is 13.3 Å². The van der Waals surface area contributed by atoms with E-state index in [-0.39, 0.29) is 18.6 Å². The molecule has 1 aliphatic heterocycles. The molecule has 2 aromatic carbocycles.